The van der Waals surface area contributed by atoms with Crippen molar-refractivity contribution in [3.05, 3.63) is 101 Å². The summed E-state index contributed by atoms with van der Waals surface area (Å²) in [6.07, 6.45) is 0. The minimum Gasteiger partial charge on any atom is -0.373 e. The number of benzene rings is 3. The number of aryl methyl sites for hydroxylation is 1. The van der Waals surface area contributed by atoms with Gasteiger partial charge in [0, 0.05) is 22.4 Å². The van der Waals surface area contributed by atoms with Crippen molar-refractivity contribution in [3.8, 4) is 0 Å². The van der Waals surface area contributed by atoms with Crippen LogP contribution in [0.15, 0.2) is 84.0 Å². The molecule has 5 heteroatoms. The number of oxime groups is 1. The van der Waals surface area contributed by atoms with Crippen LogP contribution in [0.1, 0.15) is 27.0 Å². The van der Waals surface area contributed by atoms with E-state index in [0.717, 1.165) is 11.1 Å². The Kier molecular flexibility index (Phi) is 3.84. The van der Waals surface area contributed by atoms with Crippen molar-refractivity contribution < 1.29 is 14.4 Å². The van der Waals surface area contributed by atoms with Crippen LogP contribution in [0.3, 0.4) is 0 Å². The Hall–Kier alpha value is -3.73. The number of Topliss-reactive ketones (excluding diaryl/α,β-unsaturated/α-hetero) is 1. The van der Waals surface area contributed by atoms with Crippen molar-refractivity contribution in [3.63, 3.8) is 0 Å². The van der Waals surface area contributed by atoms with Gasteiger partial charge in [-0.3, -0.25) is 9.59 Å². The molecule has 0 bridgehead atoms. The Morgan fingerprint density at radius 3 is 2.41 bits per heavy atom. The molecule has 5 rings (SSSR count). The third-order valence-electron chi connectivity index (χ3n) is 5.55. The van der Waals surface area contributed by atoms with E-state index in [1.807, 2.05) is 55.5 Å². The molecule has 1 amide bonds. The zero-order chi connectivity index (χ0) is 20.0. The van der Waals surface area contributed by atoms with Gasteiger partial charge in [-0.15, -0.1) is 0 Å². The van der Waals surface area contributed by atoms with Gasteiger partial charge in [0.15, 0.2) is 5.78 Å². The van der Waals surface area contributed by atoms with E-state index in [-0.39, 0.29) is 11.7 Å². The molecule has 0 radical (unpaired) electrons. The van der Waals surface area contributed by atoms with E-state index in [0.29, 0.717) is 22.5 Å². The predicted molar refractivity (Wildman–Crippen MR) is 110 cm³/mol. The molecule has 0 unspecified atom stereocenters. The summed E-state index contributed by atoms with van der Waals surface area (Å²) in [5.41, 5.74) is 2.60. The first kappa shape index (κ1) is 17.4. The summed E-state index contributed by atoms with van der Waals surface area (Å²) < 4.78 is 0. The number of carbonyl (C=O) groups is 2. The molecule has 0 aliphatic carbocycles. The van der Waals surface area contributed by atoms with Gasteiger partial charge in [0.05, 0.1) is 0 Å². The first-order chi connectivity index (χ1) is 14.1. The number of ketones is 1. The summed E-state index contributed by atoms with van der Waals surface area (Å²) in [7, 11) is 0. The predicted octanol–water partition coefficient (Wildman–Crippen LogP) is 4.08. The molecule has 0 saturated carbocycles. The second-order valence-corrected chi connectivity index (χ2v) is 7.33. The maximum absolute atomic E-state index is 13.7. The van der Waals surface area contributed by atoms with E-state index in [4.69, 9.17) is 4.84 Å². The summed E-state index contributed by atoms with van der Waals surface area (Å²) in [4.78, 5) is 32.7. The van der Waals surface area contributed by atoms with Gasteiger partial charge in [-0.05, 0) is 13.0 Å². The molecule has 2 heterocycles. The quantitative estimate of drug-likeness (QED) is 0.694. The summed E-state index contributed by atoms with van der Waals surface area (Å²) >= 11 is 0. The summed E-state index contributed by atoms with van der Waals surface area (Å²) in [5.74, 6) is -1.47. The highest BCUT2D eigenvalue weighted by Gasteiger charge is 2.63. The first-order valence-corrected chi connectivity index (χ1v) is 9.44. The molecule has 29 heavy (non-hydrogen) atoms. The maximum Gasteiger partial charge on any atom is 0.277 e. The Bertz CT molecular complexity index is 1150. The van der Waals surface area contributed by atoms with Crippen molar-refractivity contribution in [2.24, 2.45) is 11.1 Å². The number of nitrogens with one attached hydrogen (secondary N) is 1. The zero-order valence-electron chi connectivity index (χ0n) is 15.8. The van der Waals surface area contributed by atoms with Crippen LogP contribution >= 0.6 is 0 Å². The van der Waals surface area contributed by atoms with Crippen molar-refractivity contribution in [1.29, 1.82) is 0 Å². The Morgan fingerprint density at radius 2 is 1.66 bits per heavy atom. The fraction of sp³-hybridized carbons (Fsp3) is 0.125. The molecule has 0 aromatic heterocycles. The Balaban J connectivity index is 1.70. The van der Waals surface area contributed by atoms with Crippen LogP contribution in [0.2, 0.25) is 0 Å². The molecule has 0 saturated heterocycles. The highest BCUT2D eigenvalue weighted by Crippen LogP contribution is 2.49. The van der Waals surface area contributed by atoms with Crippen molar-refractivity contribution >= 4 is 23.1 Å². The molecule has 2 aliphatic rings. The van der Waals surface area contributed by atoms with Crippen LogP contribution < -0.4 is 5.32 Å². The number of para-hydroxylation sites is 1. The molecule has 142 valence electrons. The first-order valence-electron chi connectivity index (χ1n) is 9.44. The molecular weight excluding hydrogens is 364 g/mol. The number of fused-ring (bicyclic) bond motifs is 2. The van der Waals surface area contributed by atoms with Gasteiger partial charge < -0.3 is 10.2 Å². The standard InChI is InChI=1S/C24H18N2O3/c1-15-11-13-16(14-12-15)21-20(22(27)17-7-3-2-4-8-17)24(29-26-21)18-9-5-6-10-19(18)25-23(24)28/h2-14,20H,1H3,(H,25,28)/t20-,24+/m0/s1. The number of carbonyl (C=O) groups excluding carboxylic acids is 2. The summed E-state index contributed by atoms with van der Waals surface area (Å²) in [6, 6.07) is 24.0. The number of anilines is 1. The Morgan fingerprint density at radius 1 is 0.966 bits per heavy atom. The van der Waals surface area contributed by atoms with Crippen LogP contribution in [-0.2, 0) is 15.2 Å². The van der Waals surface area contributed by atoms with Gasteiger partial charge in [-0.1, -0.05) is 83.5 Å². The van der Waals surface area contributed by atoms with Crippen LogP contribution in [0.5, 0.6) is 0 Å². The lowest BCUT2D eigenvalue weighted by Crippen LogP contribution is -2.46. The van der Waals surface area contributed by atoms with Gasteiger partial charge in [-0.2, -0.15) is 0 Å². The van der Waals surface area contributed by atoms with Gasteiger partial charge in [0.2, 0.25) is 0 Å². The molecule has 3 aromatic rings. The highest BCUT2D eigenvalue weighted by molar-refractivity contribution is 6.24. The second-order valence-electron chi connectivity index (χ2n) is 7.33. The van der Waals surface area contributed by atoms with E-state index in [9.17, 15) is 9.59 Å². The molecule has 1 spiro atoms. The zero-order valence-corrected chi connectivity index (χ0v) is 15.8. The maximum atomic E-state index is 13.7. The van der Waals surface area contributed by atoms with Crippen molar-refractivity contribution in [1.82, 2.24) is 0 Å². The minimum atomic E-state index is -1.51. The van der Waals surface area contributed by atoms with E-state index in [1.165, 1.54) is 0 Å². The van der Waals surface area contributed by atoms with Crippen LogP contribution in [0.4, 0.5) is 5.69 Å². The van der Waals surface area contributed by atoms with E-state index < -0.39 is 11.5 Å². The van der Waals surface area contributed by atoms with Gasteiger partial charge in [-0.25, -0.2) is 0 Å². The number of nitrogens with zero attached hydrogens (tertiary/aromatic N) is 1. The lowest BCUT2D eigenvalue weighted by atomic mass is 9.74. The third kappa shape index (κ3) is 2.51. The number of hydrogen-bond acceptors (Lipinski definition) is 4. The smallest absolute Gasteiger partial charge is 0.277 e. The average molecular weight is 382 g/mol. The summed E-state index contributed by atoms with van der Waals surface area (Å²) in [6.45, 7) is 1.99. The lowest BCUT2D eigenvalue weighted by Gasteiger charge is -2.26. The molecule has 1 N–H and O–H groups in total. The van der Waals surface area contributed by atoms with Gasteiger partial charge in [0.25, 0.3) is 11.5 Å². The molecule has 2 atom stereocenters. The van der Waals surface area contributed by atoms with Crippen LogP contribution in [0, 0.1) is 12.8 Å². The van der Waals surface area contributed by atoms with Crippen molar-refractivity contribution in [2.45, 2.75) is 12.5 Å². The van der Waals surface area contributed by atoms with Crippen molar-refractivity contribution in [2.75, 3.05) is 5.32 Å². The van der Waals surface area contributed by atoms with Gasteiger partial charge in [0.1, 0.15) is 11.6 Å². The topological polar surface area (TPSA) is 67.8 Å². The monoisotopic (exact) mass is 382 g/mol. The molecular formula is C24H18N2O3. The third-order valence-corrected chi connectivity index (χ3v) is 5.55. The fourth-order valence-electron chi connectivity index (χ4n) is 4.07. The van der Waals surface area contributed by atoms with Crippen LogP contribution in [-0.4, -0.2) is 17.4 Å². The largest absolute Gasteiger partial charge is 0.373 e. The van der Waals surface area contributed by atoms with E-state index >= 15 is 0 Å². The lowest BCUT2D eigenvalue weighted by molar-refractivity contribution is -0.140. The van der Waals surface area contributed by atoms with E-state index in [2.05, 4.69) is 10.5 Å². The SMILES string of the molecule is Cc1ccc(C2=NO[C@@]3(C(=O)Nc4ccccc43)[C@@H]2C(=O)c2ccccc2)cc1. The fourth-order valence-corrected chi connectivity index (χ4v) is 4.07. The normalized spacial score (nSPS) is 22.0. The van der Waals surface area contributed by atoms with Crippen LogP contribution in [0.25, 0.3) is 0 Å². The number of amides is 1. The molecule has 3 aromatic carbocycles. The molecule has 0 fully saturated rings. The van der Waals surface area contributed by atoms with E-state index in [1.54, 1.807) is 30.3 Å². The summed E-state index contributed by atoms with van der Waals surface area (Å²) in [5, 5.41) is 7.14. The van der Waals surface area contributed by atoms with Gasteiger partial charge >= 0.3 is 0 Å². The highest BCUT2D eigenvalue weighted by atomic mass is 16.7. The number of hydrogen-bond donors (Lipinski definition) is 1. The molecule has 5 nitrogen and oxygen atoms in total. The number of rotatable bonds is 3. The average Bonchev–Trinajstić information content (AvgIpc) is 3.28. The minimum absolute atomic E-state index is 0.200. The Labute approximate surface area is 168 Å². The second kappa shape index (κ2) is 6.41. The molecule has 2 aliphatic heterocycles.